The summed E-state index contributed by atoms with van der Waals surface area (Å²) in [6, 6.07) is -0.495. The van der Waals surface area contributed by atoms with Crippen LogP contribution in [0.2, 0.25) is 0 Å². The van der Waals surface area contributed by atoms with Crippen LogP contribution in [0.3, 0.4) is 0 Å². The summed E-state index contributed by atoms with van der Waals surface area (Å²) in [5.74, 6) is -1.60. The van der Waals surface area contributed by atoms with E-state index < -0.39 is 24.0 Å². The lowest BCUT2D eigenvalue weighted by molar-refractivity contribution is -0.164. The molecule has 0 aromatic carbocycles. The van der Waals surface area contributed by atoms with Crippen LogP contribution < -0.4 is 5.32 Å². The lowest BCUT2D eigenvalue weighted by Crippen LogP contribution is -2.49. The van der Waals surface area contributed by atoms with Crippen LogP contribution in [0.25, 0.3) is 0 Å². The Morgan fingerprint density at radius 3 is 2.58 bits per heavy atom. The van der Waals surface area contributed by atoms with Crippen molar-refractivity contribution in [2.45, 2.75) is 44.8 Å². The summed E-state index contributed by atoms with van der Waals surface area (Å²) in [6.45, 7) is 1.60. The van der Waals surface area contributed by atoms with E-state index >= 15 is 0 Å². The first kappa shape index (κ1) is 13.9. The molecule has 1 saturated carbocycles. The minimum absolute atomic E-state index is 0.190. The predicted molar refractivity (Wildman–Crippen MR) is 60.5 cm³/mol. The zero-order valence-electron chi connectivity index (χ0n) is 10.5. The van der Waals surface area contributed by atoms with Gasteiger partial charge in [-0.15, -0.1) is 0 Å². The highest BCUT2D eigenvalue weighted by molar-refractivity contribution is 5.91. The molecule has 1 heterocycles. The largest absolute Gasteiger partial charge is 0.408 e. The summed E-state index contributed by atoms with van der Waals surface area (Å²) in [5, 5.41) is 5.52. The van der Waals surface area contributed by atoms with E-state index in [1.54, 1.807) is 6.92 Å². The van der Waals surface area contributed by atoms with Crippen LogP contribution in [0.4, 0.5) is 13.2 Å². The van der Waals surface area contributed by atoms with Gasteiger partial charge >= 0.3 is 6.18 Å². The molecule has 1 amide bonds. The van der Waals surface area contributed by atoms with Crippen molar-refractivity contribution in [2.75, 3.05) is 0 Å². The van der Waals surface area contributed by atoms with Crippen LogP contribution in [0.1, 0.15) is 41.9 Å². The second-order valence-electron chi connectivity index (χ2n) is 4.87. The number of nitrogens with one attached hydrogen (secondary N) is 1. The predicted octanol–water partition coefficient (Wildman–Crippen LogP) is 2.83. The van der Waals surface area contributed by atoms with Crippen molar-refractivity contribution in [1.29, 1.82) is 0 Å². The molecule has 0 bridgehead atoms. The molecule has 1 aliphatic carbocycles. The van der Waals surface area contributed by atoms with Crippen LogP contribution in [0, 0.1) is 12.8 Å². The molecule has 0 spiro atoms. The highest BCUT2D eigenvalue weighted by Gasteiger charge is 2.46. The summed E-state index contributed by atoms with van der Waals surface area (Å²) >= 11 is 0. The van der Waals surface area contributed by atoms with Crippen molar-refractivity contribution in [1.82, 2.24) is 10.5 Å². The topological polar surface area (TPSA) is 55.1 Å². The van der Waals surface area contributed by atoms with Gasteiger partial charge in [0.2, 0.25) is 5.76 Å². The first-order valence-corrected chi connectivity index (χ1v) is 6.19. The minimum Gasteiger partial charge on any atom is -0.351 e. The van der Waals surface area contributed by atoms with E-state index in [0.717, 1.165) is 12.8 Å². The molecule has 0 unspecified atom stereocenters. The minimum atomic E-state index is -4.44. The Labute approximate surface area is 108 Å². The molecule has 19 heavy (non-hydrogen) atoms. The van der Waals surface area contributed by atoms with Gasteiger partial charge in [-0.1, -0.05) is 18.0 Å². The second-order valence-corrected chi connectivity index (χ2v) is 4.87. The van der Waals surface area contributed by atoms with Gasteiger partial charge in [0.25, 0.3) is 5.91 Å². The van der Waals surface area contributed by atoms with Gasteiger partial charge in [-0.3, -0.25) is 4.79 Å². The number of amides is 1. The van der Waals surface area contributed by atoms with Crippen LogP contribution in [-0.4, -0.2) is 23.3 Å². The molecule has 7 heteroatoms. The van der Waals surface area contributed by atoms with E-state index in [0.29, 0.717) is 18.5 Å². The van der Waals surface area contributed by atoms with Crippen molar-refractivity contribution in [3.8, 4) is 0 Å². The van der Waals surface area contributed by atoms with E-state index in [-0.39, 0.29) is 5.76 Å². The maximum absolute atomic E-state index is 13.0. The summed E-state index contributed by atoms with van der Waals surface area (Å²) < 4.78 is 43.6. The quantitative estimate of drug-likeness (QED) is 0.923. The lowest BCUT2D eigenvalue weighted by atomic mass is 9.97. The van der Waals surface area contributed by atoms with Crippen LogP contribution in [0.15, 0.2) is 10.6 Å². The molecule has 2 rings (SSSR count). The van der Waals surface area contributed by atoms with E-state index in [2.05, 4.69) is 9.68 Å². The maximum Gasteiger partial charge on any atom is 0.408 e. The summed E-state index contributed by atoms with van der Waals surface area (Å²) in [5.41, 5.74) is 0.453. The number of halogens is 3. The Bertz CT molecular complexity index is 450. The zero-order valence-corrected chi connectivity index (χ0v) is 10.5. The molecule has 0 saturated heterocycles. The Balaban J connectivity index is 2.09. The number of carbonyl (C=O) groups is 1. The Hall–Kier alpha value is -1.53. The highest BCUT2D eigenvalue weighted by Crippen LogP contribution is 2.35. The molecule has 1 N–H and O–H groups in total. The van der Waals surface area contributed by atoms with Gasteiger partial charge in [0.05, 0.1) is 5.69 Å². The fourth-order valence-corrected chi connectivity index (χ4v) is 2.44. The lowest BCUT2D eigenvalue weighted by Gasteiger charge is -2.26. The molecule has 1 aromatic heterocycles. The van der Waals surface area contributed by atoms with Crippen LogP contribution in [-0.2, 0) is 0 Å². The van der Waals surface area contributed by atoms with Crippen LogP contribution in [0.5, 0.6) is 0 Å². The molecule has 1 fully saturated rings. The standard InChI is InChI=1S/C12H15F3N2O2/c1-7-6-9(19-17-7)11(18)16-10(12(13,14)15)8-4-2-3-5-8/h6,8,10H,2-5H2,1H3,(H,16,18)/t10-/m1/s1. The van der Waals surface area contributed by atoms with Gasteiger partial charge in [-0.25, -0.2) is 0 Å². The first-order chi connectivity index (χ1) is 8.88. The van der Waals surface area contributed by atoms with Gasteiger partial charge < -0.3 is 9.84 Å². The van der Waals surface area contributed by atoms with Crippen molar-refractivity contribution in [3.05, 3.63) is 17.5 Å². The van der Waals surface area contributed by atoms with E-state index in [1.165, 1.54) is 6.07 Å². The van der Waals surface area contributed by atoms with E-state index in [1.807, 2.05) is 5.32 Å². The zero-order chi connectivity index (χ0) is 14.0. The average molecular weight is 276 g/mol. The van der Waals surface area contributed by atoms with E-state index in [4.69, 9.17) is 0 Å². The van der Waals surface area contributed by atoms with Gasteiger partial charge in [-0.05, 0) is 25.7 Å². The van der Waals surface area contributed by atoms with Crippen molar-refractivity contribution >= 4 is 5.91 Å². The molecule has 0 radical (unpaired) electrons. The Kier molecular flexibility index (Phi) is 3.82. The smallest absolute Gasteiger partial charge is 0.351 e. The number of aryl methyl sites for hydroxylation is 1. The molecule has 1 aliphatic rings. The second kappa shape index (κ2) is 5.22. The van der Waals surface area contributed by atoms with Crippen molar-refractivity contribution in [2.24, 2.45) is 5.92 Å². The maximum atomic E-state index is 13.0. The third-order valence-corrected chi connectivity index (χ3v) is 3.36. The normalized spacial score (nSPS) is 18.5. The number of rotatable bonds is 3. The molecule has 106 valence electrons. The number of nitrogens with zero attached hydrogens (tertiary/aromatic N) is 1. The number of aromatic nitrogens is 1. The van der Waals surface area contributed by atoms with Crippen molar-refractivity contribution < 1.29 is 22.5 Å². The number of hydrogen-bond acceptors (Lipinski definition) is 3. The molecule has 4 nitrogen and oxygen atoms in total. The summed E-state index contributed by atoms with van der Waals surface area (Å²) in [6.07, 6.45) is -1.93. The molecule has 1 atom stereocenters. The van der Waals surface area contributed by atoms with E-state index in [9.17, 15) is 18.0 Å². The third-order valence-electron chi connectivity index (χ3n) is 3.36. The summed E-state index contributed by atoms with van der Waals surface area (Å²) in [7, 11) is 0. The molecular weight excluding hydrogens is 261 g/mol. The van der Waals surface area contributed by atoms with Gasteiger partial charge in [0.1, 0.15) is 6.04 Å². The Morgan fingerprint density at radius 2 is 2.11 bits per heavy atom. The first-order valence-electron chi connectivity index (χ1n) is 6.19. The number of alkyl halides is 3. The molecule has 1 aromatic rings. The van der Waals surface area contributed by atoms with Crippen LogP contribution >= 0.6 is 0 Å². The van der Waals surface area contributed by atoms with Gasteiger partial charge in [-0.2, -0.15) is 13.2 Å². The Morgan fingerprint density at radius 1 is 1.47 bits per heavy atom. The van der Waals surface area contributed by atoms with Crippen molar-refractivity contribution in [3.63, 3.8) is 0 Å². The summed E-state index contributed by atoms with van der Waals surface area (Å²) in [4.78, 5) is 11.7. The average Bonchev–Trinajstić information content (AvgIpc) is 2.94. The number of carbonyl (C=O) groups excluding carboxylic acids is 1. The molecule has 0 aliphatic heterocycles. The fraction of sp³-hybridized carbons (Fsp3) is 0.667. The SMILES string of the molecule is Cc1cc(C(=O)N[C@H](C2CCCC2)C(F)(F)F)on1. The van der Waals surface area contributed by atoms with Gasteiger partial charge in [0.15, 0.2) is 0 Å². The van der Waals surface area contributed by atoms with Gasteiger partial charge in [0, 0.05) is 6.07 Å². The molecular formula is C12H15F3N2O2. The fourth-order valence-electron chi connectivity index (χ4n) is 2.44. The third kappa shape index (κ3) is 3.27. The highest BCUT2D eigenvalue weighted by atomic mass is 19.4. The monoisotopic (exact) mass is 276 g/mol. The number of hydrogen-bond donors (Lipinski definition) is 1.